The molecular weight excluding hydrogens is 2020 g/mol. The Labute approximate surface area is 866 Å². The van der Waals surface area contributed by atoms with Gasteiger partial charge in [0.2, 0.25) is 0 Å². The smallest absolute Gasteiger partial charge is 0.337 e. The van der Waals surface area contributed by atoms with Gasteiger partial charge in [-0.2, -0.15) is 0 Å². The monoisotopic (exact) mass is 2090 g/mol. The van der Waals surface area contributed by atoms with Crippen molar-refractivity contribution in [2.45, 2.75) is 34.0 Å². The molecule has 0 radical (unpaired) electrons. The van der Waals surface area contributed by atoms with Gasteiger partial charge in [0.15, 0.2) is 0 Å². The third kappa shape index (κ3) is 25.5. The number of halogens is 2. The number of aryl methyl sites for hydroxylation is 1. The van der Waals surface area contributed by atoms with Gasteiger partial charge in [0.25, 0.3) is 44.9 Å². The zero-order valence-corrected chi connectivity index (χ0v) is 81.4. The first-order valence-corrected chi connectivity index (χ1v) is 48.4. The predicted molar refractivity (Wildman–Crippen MR) is 566 cm³/mol. The normalized spacial score (nSPS) is 14.5. The van der Waals surface area contributed by atoms with Gasteiger partial charge in [-0.15, -0.1) is 11.3 Å². The number of hydrogen-bond donors (Lipinski definition) is 5. The number of hydrogen-bond acceptors (Lipinski definition) is 24. The van der Waals surface area contributed by atoms with E-state index in [2.05, 4.69) is 6.58 Å². The highest BCUT2D eigenvalue weighted by Gasteiger charge is 2.39. The lowest BCUT2D eigenvalue weighted by atomic mass is 10.1. The topological polar surface area (TPSA) is 407 Å². The van der Waals surface area contributed by atoms with E-state index in [4.69, 9.17) is 66.3 Å². The van der Waals surface area contributed by atoms with Crippen LogP contribution in [0.1, 0.15) is 110 Å². The molecule has 734 valence electrons. The lowest BCUT2D eigenvalue weighted by Gasteiger charge is -2.14. The number of aromatic nitrogens is 1. The number of carbonyl (C=O) groups excluding carboxylic acids is 7. The number of amides is 7. The van der Waals surface area contributed by atoms with Crippen molar-refractivity contribution in [2.75, 3.05) is 4.90 Å². The van der Waals surface area contributed by atoms with Gasteiger partial charge in [-0.05, 0) is 223 Å². The molecule has 0 spiro atoms. The largest absolute Gasteiger partial charge is 0.478 e. The fourth-order valence-electron chi connectivity index (χ4n) is 14.5. The maximum Gasteiger partial charge on any atom is 0.337 e. The number of carboxylic acid groups (broad SMARTS) is 5. The Balaban J connectivity index is 0.000000138. The Kier molecular flexibility index (Phi) is 33.1. The Morgan fingerprint density at radius 3 is 1.07 bits per heavy atom. The number of para-hydroxylation sites is 2. The fourth-order valence-corrected chi connectivity index (χ4v) is 19.3. The minimum absolute atomic E-state index is 0. The van der Waals surface area contributed by atoms with Gasteiger partial charge >= 0.3 is 29.8 Å². The van der Waals surface area contributed by atoms with Crippen LogP contribution in [0.3, 0.4) is 0 Å². The van der Waals surface area contributed by atoms with Crippen molar-refractivity contribution in [2.24, 2.45) is 0 Å². The number of nitrogens with zero attached hydrogens (tertiary/aromatic N) is 5. The number of anilines is 1. The van der Waals surface area contributed by atoms with Crippen molar-refractivity contribution in [1.29, 1.82) is 0 Å². The highest BCUT2D eigenvalue weighted by Crippen LogP contribution is 2.41. The minimum atomic E-state index is -1.16. The van der Waals surface area contributed by atoms with Crippen LogP contribution >= 0.6 is 82.2 Å². The van der Waals surface area contributed by atoms with E-state index in [1.165, 1.54) is 125 Å². The van der Waals surface area contributed by atoms with E-state index >= 15 is 0 Å². The second-order valence-corrected chi connectivity index (χ2v) is 38.0. The van der Waals surface area contributed by atoms with Crippen LogP contribution in [0, 0.1) is 12.7 Å². The molecule has 36 heteroatoms. The van der Waals surface area contributed by atoms with Crippen LogP contribution in [0.5, 0.6) is 0 Å². The number of imide groups is 3. The number of thioether (sulfide) groups is 4. The number of carboxylic acids is 5. The number of rotatable bonds is 23. The highest BCUT2D eigenvalue weighted by atomic mass is 35.5. The maximum absolute atomic E-state index is 13.1. The van der Waals surface area contributed by atoms with Crippen LogP contribution in [0.4, 0.5) is 24.5 Å². The van der Waals surface area contributed by atoms with Gasteiger partial charge in [-0.1, -0.05) is 207 Å². The molecular formula is C111H77ClFN5O23S6. The zero-order valence-electron chi connectivity index (χ0n) is 75.8. The lowest BCUT2D eigenvalue weighted by Crippen LogP contribution is -2.29. The number of benzene rings is 10. The summed E-state index contributed by atoms with van der Waals surface area (Å²) < 4.78 is 45.2. The number of thiazole rings is 1. The summed E-state index contributed by atoms with van der Waals surface area (Å²) in [5, 5.41) is 44.1. The molecule has 0 atom stereocenters. The van der Waals surface area contributed by atoms with Crippen LogP contribution in [-0.2, 0) is 38.8 Å². The zero-order chi connectivity index (χ0) is 103. The Morgan fingerprint density at radius 2 is 0.680 bits per heavy atom. The summed E-state index contributed by atoms with van der Waals surface area (Å²) in [6, 6.07) is 88.1. The van der Waals surface area contributed by atoms with Crippen molar-refractivity contribution in [3.05, 3.63) is 444 Å². The van der Waals surface area contributed by atoms with E-state index in [-0.39, 0.29) is 91.0 Å². The van der Waals surface area contributed by atoms with E-state index in [9.17, 15) is 71.8 Å². The van der Waals surface area contributed by atoms with Crippen LogP contribution in [0.2, 0.25) is 5.02 Å². The first-order valence-electron chi connectivity index (χ1n) is 43.6. The van der Waals surface area contributed by atoms with Gasteiger partial charge in [0.05, 0.1) is 92.7 Å². The Bertz CT molecular complexity index is 8130. The molecule has 0 bridgehead atoms. The molecule has 16 aromatic rings. The fraction of sp³-hybridized carbons (Fsp3) is 0.0450. The lowest BCUT2D eigenvalue weighted by molar-refractivity contribution is -0.124. The molecule has 4 fully saturated rings. The summed E-state index contributed by atoms with van der Waals surface area (Å²) in [5.74, 6) is -1.98. The molecule has 4 aliphatic heterocycles. The molecule has 7 amide bonds. The standard InChI is InChI=1S/C23H17NO5S.C22H13ClFNO5S.C22H15NO4S2.C22H15NO4S.C21H13NO5S.CH4/c1-14-2-4-15(5-3-14)13-24-21(25)20(30-23(24)28)12-18-10-11-19(29-18)16-6-8-17(9-7-16)22(26)27;23-17-7-3-13(9-16(17)21(27)28)18-8-6-15(30-18)10-19-20(26)25(22(29)31-19)11-12-1-4-14(24)5-2-12;24-20-19(29-22(28)23(20)13-14-4-2-1-3-5-14)12-17-10-11-18(27-17)15-6-8-16(9-7-15)21(25)26;1-14-23(17-5-3-2-4-6-17)21(24)20(28-14)13-18-11-12-19(27-18)15-7-9-16(10-8-15)22(25)26;23-19-18(28-21(26)22(19)15-4-2-1-3-5-15)12-16-10-11-17(27-16)13-6-8-14(9-7-13)20(24)25;/h2-12H,13H2,1H3,(H,26,27);1-10H,11H2,(H,27,28);1-12H,13H2,(H,25,26);2-13H,1H2,(H,25,26);1-12H,(H,24,25);1H4/b20-12-;19-10-;19-12-;20-13-;18-12-;. The first-order chi connectivity index (χ1) is 70.3. The third-order valence-electron chi connectivity index (χ3n) is 21.9. The van der Waals surface area contributed by atoms with Crippen molar-refractivity contribution in [3.63, 3.8) is 0 Å². The molecule has 10 heterocycles. The van der Waals surface area contributed by atoms with Gasteiger partial charge in [0.1, 0.15) is 67.7 Å². The summed E-state index contributed by atoms with van der Waals surface area (Å²) in [5.41, 5.74) is 8.96. The SMILES string of the molecule is C.C=c1s/c(=C\c2ccc(-c3ccc(C(=O)O)cc3)o2)c(=O)n1-c1ccccc1.Cc1ccc(CN2C(=O)S/C(=C\c3ccc(-c4ccc(C(=O)O)cc4)o3)C2=O)cc1.O=C(O)c1cc(-c2ccc(/C=C3\SC(=O)N(Cc4ccc(F)cc4)C3=O)o2)ccc1Cl.O=C(O)c1ccc(-c2ccc(/C=C3\SC(=O)N(c4ccccc4)C3=O)o2)cc1.O=C(O)c1ccc(-c2ccc(/C=C3\SC(=S)N(Cc4ccccc4)C3=O)o2)cc1. The third-order valence-corrected chi connectivity index (χ3v) is 27.2. The number of carbonyl (C=O) groups is 12. The summed E-state index contributed by atoms with van der Waals surface area (Å²) in [6.07, 6.45) is 7.90. The Morgan fingerprint density at radius 1 is 0.361 bits per heavy atom. The maximum atomic E-state index is 13.1. The van der Waals surface area contributed by atoms with Crippen molar-refractivity contribution < 1.29 is 110 Å². The van der Waals surface area contributed by atoms with E-state index in [1.807, 2.05) is 97.9 Å². The molecule has 28 nitrogen and oxygen atoms in total. The van der Waals surface area contributed by atoms with Gasteiger partial charge in [-0.25, -0.2) is 33.3 Å². The quantitative estimate of drug-likeness (QED) is 0.0293. The summed E-state index contributed by atoms with van der Waals surface area (Å²) >= 11 is 16.3. The summed E-state index contributed by atoms with van der Waals surface area (Å²) in [7, 11) is 0. The van der Waals surface area contributed by atoms with Crippen LogP contribution < -0.4 is 19.7 Å². The average molecular weight is 2100 g/mol. The minimum Gasteiger partial charge on any atom is -0.478 e. The summed E-state index contributed by atoms with van der Waals surface area (Å²) in [4.78, 5) is 162. The van der Waals surface area contributed by atoms with E-state index in [1.54, 1.807) is 167 Å². The van der Waals surface area contributed by atoms with Crippen LogP contribution in [-0.4, -0.2) is 118 Å². The average Bonchev–Trinajstić information content (AvgIpc) is 1.66. The molecule has 4 saturated heterocycles. The van der Waals surface area contributed by atoms with Gasteiger partial charge in [-0.3, -0.25) is 57.6 Å². The van der Waals surface area contributed by atoms with Crippen molar-refractivity contribution >= 4 is 198 Å². The number of furan rings is 5. The van der Waals surface area contributed by atoms with Crippen molar-refractivity contribution in [3.8, 4) is 62.3 Å². The van der Waals surface area contributed by atoms with E-state index in [0.29, 0.717) is 115 Å². The van der Waals surface area contributed by atoms with Crippen molar-refractivity contribution in [1.82, 2.24) is 19.3 Å². The predicted octanol–water partition coefficient (Wildman–Crippen LogP) is 24.5. The number of thiocarbonyl (C=S) groups is 1. The van der Waals surface area contributed by atoms with E-state index < -0.39 is 52.7 Å². The molecule has 5 N–H and O–H groups in total. The van der Waals surface area contributed by atoms with Gasteiger partial charge in [0, 0.05) is 58.2 Å². The molecule has 0 unspecified atom stereocenters. The molecule has 147 heavy (non-hydrogen) atoms. The Hall–Kier alpha value is -17.3. The molecule has 0 aliphatic carbocycles. The highest BCUT2D eigenvalue weighted by molar-refractivity contribution is 8.26. The molecule has 6 aromatic heterocycles. The second-order valence-electron chi connectivity index (χ2n) is 31.8. The van der Waals surface area contributed by atoms with Gasteiger partial charge < -0.3 is 47.6 Å². The molecule has 0 saturated carbocycles. The van der Waals surface area contributed by atoms with E-state index in [0.717, 1.165) is 78.6 Å². The number of aromatic carboxylic acids is 5. The van der Waals surface area contributed by atoms with Crippen LogP contribution in [0.15, 0.2) is 362 Å². The summed E-state index contributed by atoms with van der Waals surface area (Å²) in [6.45, 7) is 6.65. The second kappa shape index (κ2) is 46.8. The molecule has 4 aliphatic rings. The molecule has 10 aromatic carbocycles. The first kappa shape index (κ1) is 104. The molecule has 20 rings (SSSR count). The van der Waals surface area contributed by atoms with Crippen LogP contribution in [0.25, 0.3) is 99.3 Å².